The van der Waals surface area contributed by atoms with E-state index < -0.39 is 12.0 Å². The van der Waals surface area contributed by atoms with Crippen LogP contribution < -0.4 is 5.54 Å². The van der Waals surface area contributed by atoms with Crippen LogP contribution in [0.15, 0.2) is 28.7 Å². The molecular weight excluding hydrogens is 288 g/mol. The second-order valence-corrected chi connectivity index (χ2v) is 3.75. The maximum atomic E-state index is 12.1. The lowest BCUT2D eigenvalue weighted by atomic mass is 10.1. The highest BCUT2D eigenvalue weighted by molar-refractivity contribution is 9.10. The molecule has 2 N–H and O–H groups in total. The summed E-state index contributed by atoms with van der Waals surface area (Å²) >= 11 is 3.25. The average Bonchev–Trinajstić information content (AvgIpc) is 2.14. The molecule has 0 radical (unpaired) electrons. The quantitative estimate of drug-likeness (QED) is 0.839. The van der Waals surface area contributed by atoms with Gasteiger partial charge in [-0.2, -0.15) is 0 Å². The smallest absolute Gasteiger partial charge is 0.323 e. The molecule has 0 spiro atoms. The van der Waals surface area contributed by atoms with Crippen LogP contribution in [0.3, 0.4) is 0 Å². The number of carboxylic acids is 1. The highest BCUT2D eigenvalue weighted by Gasteiger charge is 2.17. The fourth-order valence-corrected chi connectivity index (χ4v) is 1.52. The molecule has 0 aromatic heterocycles. The highest BCUT2D eigenvalue weighted by Crippen LogP contribution is 2.13. The van der Waals surface area contributed by atoms with Gasteiger partial charge in [0.2, 0.25) is 0 Å². The number of halogens is 3. The van der Waals surface area contributed by atoms with E-state index in [0.717, 1.165) is 10.0 Å². The van der Waals surface area contributed by atoms with Crippen LogP contribution in [-0.2, 0) is 11.2 Å². The number of aliphatic carboxylic acids is 1. The lowest BCUT2D eigenvalue weighted by Gasteiger charge is -2.08. The van der Waals surface area contributed by atoms with Gasteiger partial charge in [-0.1, -0.05) is 28.1 Å². The molecule has 84 valence electrons. The van der Waals surface area contributed by atoms with E-state index in [1.807, 2.05) is 6.07 Å². The van der Waals surface area contributed by atoms with Gasteiger partial charge in [-0.15, -0.1) is 22.4 Å². The Kier molecular flexibility index (Phi) is 6.47. The molecule has 0 fully saturated rings. The molecule has 0 unspecified atom stereocenters. The normalized spacial score (nSPS) is 11.6. The number of benzene rings is 1. The monoisotopic (exact) mass is 297 g/mol. The minimum atomic E-state index is -1.20. The number of rotatable bonds is 4. The summed E-state index contributed by atoms with van der Waals surface area (Å²) < 4.78 is 12.9. The molecule has 1 rings (SSSR count). The van der Waals surface area contributed by atoms with Crippen molar-refractivity contribution < 1.29 is 14.4 Å². The molecule has 0 saturated carbocycles. The van der Waals surface area contributed by atoms with Crippen LogP contribution in [0.5, 0.6) is 0 Å². The Morgan fingerprint density at radius 2 is 2.27 bits per heavy atom. The highest BCUT2D eigenvalue weighted by atomic mass is 79.9. The van der Waals surface area contributed by atoms with Gasteiger partial charge in [0.05, 0.1) is 0 Å². The fraction of sp³-hybridized carbons (Fsp3) is 0.222. The van der Waals surface area contributed by atoms with Gasteiger partial charge in [0.15, 0.2) is 0 Å². The van der Waals surface area contributed by atoms with E-state index in [2.05, 4.69) is 15.9 Å². The summed E-state index contributed by atoms with van der Waals surface area (Å²) in [6.45, 7) is 0. The molecule has 3 nitrogen and oxygen atoms in total. The average molecular weight is 299 g/mol. The van der Waals surface area contributed by atoms with E-state index >= 15 is 0 Å². The Morgan fingerprint density at radius 1 is 1.60 bits per heavy atom. The molecule has 15 heavy (non-hydrogen) atoms. The van der Waals surface area contributed by atoms with Crippen LogP contribution in [0.4, 0.5) is 4.48 Å². The van der Waals surface area contributed by atoms with E-state index in [1.54, 1.807) is 18.2 Å². The first kappa shape index (κ1) is 14.3. The number of carbonyl (C=O) groups is 1. The van der Waals surface area contributed by atoms with Gasteiger partial charge in [-0.3, -0.25) is 4.79 Å². The van der Waals surface area contributed by atoms with Crippen LogP contribution in [0.2, 0.25) is 0 Å². The van der Waals surface area contributed by atoms with Crippen molar-refractivity contribution in [3.8, 4) is 0 Å². The third kappa shape index (κ3) is 4.59. The third-order valence-corrected chi connectivity index (χ3v) is 2.25. The molecule has 6 heteroatoms. The second kappa shape index (κ2) is 6.76. The predicted molar refractivity (Wildman–Crippen MR) is 60.8 cm³/mol. The molecule has 1 aromatic carbocycles. The van der Waals surface area contributed by atoms with Crippen LogP contribution in [0, 0.1) is 0 Å². The van der Waals surface area contributed by atoms with E-state index in [0.29, 0.717) is 0 Å². The molecule has 0 amide bonds. The minimum absolute atomic E-state index is 0. The Balaban J connectivity index is 0.00000196. The van der Waals surface area contributed by atoms with Gasteiger partial charge < -0.3 is 5.11 Å². The maximum absolute atomic E-state index is 12.1. The van der Waals surface area contributed by atoms with Crippen LogP contribution >= 0.6 is 28.3 Å². The summed E-state index contributed by atoms with van der Waals surface area (Å²) in [5, 5.41) is 8.59. The fourth-order valence-electron chi connectivity index (χ4n) is 1.07. The molecule has 0 aliphatic rings. The first-order chi connectivity index (χ1) is 6.63. The van der Waals surface area contributed by atoms with Crippen molar-refractivity contribution in [3.05, 3.63) is 34.3 Å². The lowest BCUT2D eigenvalue weighted by molar-refractivity contribution is -0.140. The van der Waals surface area contributed by atoms with E-state index in [-0.39, 0.29) is 18.8 Å². The molecule has 1 aromatic rings. The molecule has 0 aliphatic carbocycles. The maximum Gasteiger partial charge on any atom is 0.323 e. The van der Waals surface area contributed by atoms with Crippen molar-refractivity contribution in [3.63, 3.8) is 0 Å². The minimum Gasteiger partial charge on any atom is -0.480 e. The molecule has 0 aliphatic heterocycles. The molecule has 0 bridgehead atoms. The Labute approximate surface area is 101 Å². The number of hydrogen-bond acceptors (Lipinski definition) is 2. The first-order valence-electron chi connectivity index (χ1n) is 3.97. The van der Waals surface area contributed by atoms with Crippen molar-refractivity contribution >= 4 is 34.3 Å². The van der Waals surface area contributed by atoms with Gasteiger partial charge in [-0.05, 0) is 17.7 Å². The summed E-state index contributed by atoms with van der Waals surface area (Å²) in [7, 11) is 0. The van der Waals surface area contributed by atoms with Gasteiger partial charge in [0.1, 0.15) is 6.04 Å². The second-order valence-electron chi connectivity index (χ2n) is 2.83. The number of hydrogen-bond donors (Lipinski definition) is 2. The van der Waals surface area contributed by atoms with E-state index in [1.165, 1.54) is 5.54 Å². The molecule has 1 atom stereocenters. The van der Waals surface area contributed by atoms with Crippen LogP contribution in [0.25, 0.3) is 0 Å². The molecule has 0 saturated heterocycles. The van der Waals surface area contributed by atoms with Crippen molar-refractivity contribution in [1.82, 2.24) is 5.54 Å². The zero-order valence-electron chi connectivity index (χ0n) is 7.61. The SMILES string of the molecule is Cl.O=C(O)[C@H](Cc1cccc(Br)c1)NF. The largest absolute Gasteiger partial charge is 0.480 e. The first-order valence-corrected chi connectivity index (χ1v) is 4.76. The van der Waals surface area contributed by atoms with E-state index in [4.69, 9.17) is 5.11 Å². The van der Waals surface area contributed by atoms with Crippen molar-refractivity contribution in [2.45, 2.75) is 12.5 Å². The zero-order chi connectivity index (χ0) is 10.6. The summed E-state index contributed by atoms with van der Waals surface area (Å²) in [6, 6.07) is 5.91. The van der Waals surface area contributed by atoms with Crippen molar-refractivity contribution in [2.24, 2.45) is 0 Å². The van der Waals surface area contributed by atoms with Crippen molar-refractivity contribution in [2.75, 3.05) is 0 Å². The predicted octanol–water partition coefficient (Wildman–Crippen LogP) is 2.34. The van der Waals surface area contributed by atoms with Gasteiger partial charge in [-0.25, -0.2) is 0 Å². The summed E-state index contributed by atoms with van der Waals surface area (Å²) in [4.78, 5) is 10.5. The van der Waals surface area contributed by atoms with Gasteiger partial charge in [0.25, 0.3) is 0 Å². The Hall–Kier alpha value is -0.650. The van der Waals surface area contributed by atoms with Crippen LogP contribution in [-0.4, -0.2) is 17.1 Å². The molecule has 0 heterocycles. The third-order valence-electron chi connectivity index (χ3n) is 1.76. The number of carboxylic acid groups (broad SMARTS) is 1. The summed E-state index contributed by atoms with van der Waals surface area (Å²) in [5.74, 6) is -1.20. The van der Waals surface area contributed by atoms with Crippen LogP contribution in [0.1, 0.15) is 5.56 Å². The van der Waals surface area contributed by atoms with Gasteiger partial charge >= 0.3 is 5.97 Å². The standard InChI is InChI=1S/C9H9BrFNO2.ClH/c10-7-3-1-2-6(4-7)5-8(12-11)9(13)14;/h1-4,8,12H,5H2,(H,13,14);1H/t8-;/m0./s1. The number of nitrogens with one attached hydrogen (secondary N) is 1. The lowest BCUT2D eigenvalue weighted by Crippen LogP contribution is -2.33. The zero-order valence-corrected chi connectivity index (χ0v) is 10.0. The van der Waals surface area contributed by atoms with Gasteiger partial charge in [0, 0.05) is 10.9 Å². The van der Waals surface area contributed by atoms with Crippen molar-refractivity contribution in [1.29, 1.82) is 0 Å². The Morgan fingerprint density at radius 3 is 2.73 bits per heavy atom. The Bertz CT molecular complexity index is 338. The molecular formula is C9H10BrClFNO2. The topological polar surface area (TPSA) is 49.3 Å². The summed E-state index contributed by atoms with van der Waals surface area (Å²) in [5.41, 5.74) is 2.02. The van der Waals surface area contributed by atoms with E-state index in [9.17, 15) is 9.28 Å². The summed E-state index contributed by atoms with van der Waals surface area (Å²) in [6.07, 6.45) is 0.116.